The van der Waals surface area contributed by atoms with Crippen LogP contribution >= 0.6 is 0 Å². The summed E-state index contributed by atoms with van der Waals surface area (Å²) in [5.41, 5.74) is 1.21. The fourth-order valence-corrected chi connectivity index (χ4v) is 1.26. The second-order valence-electron chi connectivity index (χ2n) is 3.68. The van der Waals surface area contributed by atoms with E-state index in [4.69, 9.17) is 4.74 Å². The Labute approximate surface area is 94.5 Å². The molecule has 0 atom stereocenters. The van der Waals surface area contributed by atoms with Crippen molar-refractivity contribution in [3.05, 3.63) is 36.5 Å². The van der Waals surface area contributed by atoms with E-state index in [1.54, 1.807) is 6.08 Å². The summed E-state index contributed by atoms with van der Waals surface area (Å²) in [6, 6.07) is 0. The molecule has 1 nitrogen and oxygen atoms in total. The molecule has 0 saturated heterocycles. The first-order chi connectivity index (χ1) is 7.31. The molecule has 0 spiro atoms. The van der Waals surface area contributed by atoms with Gasteiger partial charge in [-0.15, -0.1) is 0 Å². The van der Waals surface area contributed by atoms with Crippen molar-refractivity contribution in [3.8, 4) is 0 Å². The number of hydrogen-bond donors (Lipinski definition) is 0. The molecule has 0 bridgehead atoms. The topological polar surface area (TPSA) is 9.23 Å². The highest BCUT2D eigenvalue weighted by Crippen LogP contribution is 1.99. The standard InChI is InChI=1S/C14H24O/c1-4-6-7-8-12-15-13-9-11-14(3)10-5-2/h5,9-11H,2,4,6-8,12-13H2,1,3H3/b11-9-,14-10-. The Bertz CT molecular complexity index is 201. The van der Waals surface area contributed by atoms with E-state index in [0.29, 0.717) is 6.61 Å². The highest BCUT2D eigenvalue weighted by molar-refractivity contribution is 5.20. The summed E-state index contributed by atoms with van der Waals surface area (Å²) in [7, 11) is 0. The van der Waals surface area contributed by atoms with Crippen molar-refractivity contribution in [1.29, 1.82) is 0 Å². The summed E-state index contributed by atoms with van der Waals surface area (Å²) in [6.45, 7) is 9.52. The Kier molecular flexibility index (Phi) is 10.6. The van der Waals surface area contributed by atoms with Gasteiger partial charge in [0, 0.05) is 6.61 Å². The molecule has 0 saturated carbocycles. The molecule has 0 aliphatic heterocycles. The van der Waals surface area contributed by atoms with Gasteiger partial charge in [-0.05, 0) is 13.3 Å². The van der Waals surface area contributed by atoms with Crippen molar-refractivity contribution in [3.63, 3.8) is 0 Å². The van der Waals surface area contributed by atoms with Crippen LogP contribution in [0, 0.1) is 0 Å². The van der Waals surface area contributed by atoms with Crippen LogP contribution in [0.15, 0.2) is 36.5 Å². The molecule has 0 heterocycles. The number of hydrogen-bond acceptors (Lipinski definition) is 1. The third-order valence-corrected chi connectivity index (χ3v) is 2.12. The quantitative estimate of drug-likeness (QED) is 0.406. The molecule has 15 heavy (non-hydrogen) atoms. The third kappa shape index (κ3) is 11.1. The van der Waals surface area contributed by atoms with Gasteiger partial charge >= 0.3 is 0 Å². The number of ether oxygens (including phenoxy) is 1. The summed E-state index contributed by atoms with van der Waals surface area (Å²) in [5, 5.41) is 0. The van der Waals surface area contributed by atoms with Gasteiger partial charge in [-0.25, -0.2) is 0 Å². The van der Waals surface area contributed by atoms with Crippen molar-refractivity contribution in [2.75, 3.05) is 13.2 Å². The summed E-state index contributed by atoms with van der Waals surface area (Å²) < 4.78 is 5.47. The summed E-state index contributed by atoms with van der Waals surface area (Å²) in [4.78, 5) is 0. The fourth-order valence-electron chi connectivity index (χ4n) is 1.26. The lowest BCUT2D eigenvalue weighted by Gasteiger charge is -2.00. The Hall–Kier alpha value is -0.820. The smallest absolute Gasteiger partial charge is 0.0650 e. The average Bonchev–Trinajstić information content (AvgIpc) is 2.22. The van der Waals surface area contributed by atoms with Crippen LogP contribution in [-0.4, -0.2) is 13.2 Å². The Morgan fingerprint density at radius 3 is 2.73 bits per heavy atom. The van der Waals surface area contributed by atoms with Gasteiger partial charge in [0.05, 0.1) is 6.61 Å². The van der Waals surface area contributed by atoms with Gasteiger partial charge in [0.25, 0.3) is 0 Å². The molecule has 0 unspecified atom stereocenters. The molecule has 86 valence electrons. The molecule has 0 aromatic heterocycles. The van der Waals surface area contributed by atoms with Crippen LogP contribution in [0.5, 0.6) is 0 Å². The van der Waals surface area contributed by atoms with Crippen molar-refractivity contribution in [2.45, 2.75) is 39.5 Å². The molecule has 0 amide bonds. The number of rotatable bonds is 9. The SMILES string of the molecule is C=C/C=C(C)\C=C/COCCCCCC. The lowest BCUT2D eigenvalue weighted by molar-refractivity contribution is 0.157. The molecule has 0 fully saturated rings. The van der Waals surface area contributed by atoms with Gasteiger partial charge in [-0.2, -0.15) is 0 Å². The zero-order chi connectivity index (χ0) is 11.4. The van der Waals surface area contributed by atoms with E-state index in [1.807, 2.05) is 6.08 Å². The maximum absolute atomic E-state index is 5.47. The summed E-state index contributed by atoms with van der Waals surface area (Å²) in [5.74, 6) is 0. The van der Waals surface area contributed by atoms with E-state index in [9.17, 15) is 0 Å². The van der Waals surface area contributed by atoms with Crippen molar-refractivity contribution in [1.82, 2.24) is 0 Å². The van der Waals surface area contributed by atoms with Crippen molar-refractivity contribution in [2.24, 2.45) is 0 Å². The van der Waals surface area contributed by atoms with Crippen LogP contribution < -0.4 is 0 Å². The van der Waals surface area contributed by atoms with Gasteiger partial charge in [0.1, 0.15) is 0 Å². The van der Waals surface area contributed by atoms with Crippen LogP contribution in [0.1, 0.15) is 39.5 Å². The first kappa shape index (κ1) is 14.2. The molecular formula is C14H24O. The molecule has 0 aliphatic carbocycles. The van der Waals surface area contributed by atoms with Gasteiger partial charge in [-0.3, -0.25) is 0 Å². The van der Waals surface area contributed by atoms with Crippen LogP contribution in [0.4, 0.5) is 0 Å². The van der Waals surface area contributed by atoms with Crippen LogP contribution in [-0.2, 0) is 4.74 Å². The molecule has 0 rings (SSSR count). The van der Waals surface area contributed by atoms with Gasteiger partial charge in [-0.1, -0.05) is 62.6 Å². The minimum absolute atomic E-state index is 0.717. The third-order valence-electron chi connectivity index (χ3n) is 2.12. The predicted octanol–water partition coefficient (Wildman–Crippen LogP) is 4.27. The monoisotopic (exact) mass is 208 g/mol. The van der Waals surface area contributed by atoms with Gasteiger partial charge < -0.3 is 4.74 Å². The van der Waals surface area contributed by atoms with E-state index in [0.717, 1.165) is 6.61 Å². The largest absolute Gasteiger partial charge is 0.377 e. The second-order valence-corrected chi connectivity index (χ2v) is 3.68. The maximum atomic E-state index is 5.47. The maximum Gasteiger partial charge on any atom is 0.0650 e. The molecule has 0 aromatic carbocycles. The van der Waals surface area contributed by atoms with Gasteiger partial charge in [0.15, 0.2) is 0 Å². The Morgan fingerprint density at radius 2 is 2.07 bits per heavy atom. The van der Waals surface area contributed by atoms with E-state index >= 15 is 0 Å². The normalized spacial score (nSPS) is 12.3. The lowest BCUT2D eigenvalue weighted by atomic mass is 10.2. The summed E-state index contributed by atoms with van der Waals surface area (Å²) in [6.07, 6.45) is 13.0. The molecule has 0 aliphatic rings. The van der Waals surface area contributed by atoms with Crippen LogP contribution in [0.2, 0.25) is 0 Å². The highest BCUT2D eigenvalue weighted by Gasteiger charge is 1.87. The van der Waals surface area contributed by atoms with E-state index in [1.165, 1.54) is 31.3 Å². The molecule has 0 radical (unpaired) electrons. The molecule has 0 N–H and O–H groups in total. The van der Waals surface area contributed by atoms with Crippen molar-refractivity contribution >= 4 is 0 Å². The zero-order valence-corrected chi connectivity index (χ0v) is 10.2. The van der Waals surface area contributed by atoms with Crippen molar-refractivity contribution < 1.29 is 4.74 Å². The van der Waals surface area contributed by atoms with E-state index in [2.05, 4.69) is 32.6 Å². The fraction of sp³-hybridized carbons (Fsp3) is 0.571. The average molecular weight is 208 g/mol. The predicted molar refractivity (Wildman–Crippen MR) is 68.1 cm³/mol. The molecule has 0 aromatic rings. The minimum Gasteiger partial charge on any atom is -0.377 e. The first-order valence-corrected chi connectivity index (χ1v) is 5.84. The number of allylic oxidation sites excluding steroid dienone is 4. The zero-order valence-electron chi connectivity index (χ0n) is 10.2. The van der Waals surface area contributed by atoms with Gasteiger partial charge in [0.2, 0.25) is 0 Å². The Morgan fingerprint density at radius 1 is 1.27 bits per heavy atom. The van der Waals surface area contributed by atoms with E-state index in [-0.39, 0.29) is 0 Å². The van der Waals surface area contributed by atoms with Crippen LogP contribution in [0.25, 0.3) is 0 Å². The van der Waals surface area contributed by atoms with E-state index < -0.39 is 0 Å². The minimum atomic E-state index is 0.717. The number of unbranched alkanes of at least 4 members (excludes halogenated alkanes) is 3. The van der Waals surface area contributed by atoms with Crippen LogP contribution in [0.3, 0.4) is 0 Å². The highest BCUT2D eigenvalue weighted by atomic mass is 16.5. The lowest BCUT2D eigenvalue weighted by Crippen LogP contribution is -1.94. The summed E-state index contributed by atoms with van der Waals surface area (Å²) >= 11 is 0. The molecule has 1 heteroatoms. The second kappa shape index (κ2) is 11.3. The Balaban J connectivity index is 3.30. The first-order valence-electron chi connectivity index (χ1n) is 5.84. The molecular weight excluding hydrogens is 184 g/mol.